The number of carbonyl (C=O) groups is 2. The average Bonchev–Trinajstić information content (AvgIpc) is 2.87. The predicted octanol–water partition coefficient (Wildman–Crippen LogP) is 1.24. The van der Waals surface area contributed by atoms with Crippen LogP contribution in [0.3, 0.4) is 0 Å². The number of nitrogens with one attached hydrogen (secondary N) is 2. The predicted molar refractivity (Wildman–Crippen MR) is 56.1 cm³/mol. The van der Waals surface area contributed by atoms with E-state index in [0.717, 1.165) is 25.7 Å². The molecule has 86 valence electrons. The first kappa shape index (κ1) is 10.7. The number of nitrogens with zero attached hydrogens (tertiary/aromatic N) is 1. The number of aromatic nitrogens is 2. The molecular formula is C10H13N3O3. The summed E-state index contributed by atoms with van der Waals surface area (Å²) in [5.74, 6) is -0.839. The second-order valence-corrected chi connectivity index (χ2v) is 3.94. The molecule has 0 bridgehead atoms. The van der Waals surface area contributed by atoms with E-state index in [1.807, 2.05) is 0 Å². The van der Waals surface area contributed by atoms with Gasteiger partial charge in [-0.1, -0.05) is 12.8 Å². The van der Waals surface area contributed by atoms with Gasteiger partial charge in [-0.2, -0.15) is 5.10 Å². The Morgan fingerprint density at radius 3 is 2.69 bits per heavy atom. The van der Waals surface area contributed by atoms with Crippen molar-refractivity contribution in [1.29, 1.82) is 0 Å². The summed E-state index contributed by atoms with van der Waals surface area (Å²) in [6.45, 7) is 0. The molecule has 6 nitrogen and oxygen atoms in total. The number of hydrogen-bond acceptors (Lipinski definition) is 3. The van der Waals surface area contributed by atoms with Crippen molar-refractivity contribution < 1.29 is 14.7 Å². The molecule has 0 aromatic carbocycles. The molecule has 2 rings (SSSR count). The van der Waals surface area contributed by atoms with Crippen LogP contribution in [0.5, 0.6) is 0 Å². The van der Waals surface area contributed by atoms with Gasteiger partial charge in [0, 0.05) is 12.0 Å². The molecule has 1 aliphatic carbocycles. The molecule has 0 spiro atoms. The molecule has 1 fully saturated rings. The molecule has 0 saturated heterocycles. The normalized spacial score (nSPS) is 16.2. The van der Waals surface area contributed by atoms with E-state index in [0.29, 0.717) is 0 Å². The Bertz CT molecular complexity index is 407. The SMILES string of the molecule is O=C(O)c1cc(NC(=O)C2CCCC2)n[nH]1. The Hall–Kier alpha value is -1.85. The molecule has 1 saturated carbocycles. The van der Waals surface area contributed by atoms with E-state index < -0.39 is 5.97 Å². The maximum atomic E-state index is 11.7. The zero-order chi connectivity index (χ0) is 11.5. The molecule has 16 heavy (non-hydrogen) atoms. The molecule has 3 N–H and O–H groups in total. The molecule has 0 unspecified atom stereocenters. The average molecular weight is 223 g/mol. The number of carboxylic acid groups (broad SMARTS) is 1. The maximum Gasteiger partial charge on any atom is 0.353 e. The van der Waals surface area contributed by atoms with Crippen LogP contribution < -0.4 is 5.32 Å². The highest BCUT2D eigenvalue weighted by atomic mass is 16.4. The van der Waals surface area contributed by atoms with Gasteiger partial charge in [-0.15, -0.1) is 0 Å². The molecule has 1 aliphatic rings. The first-order valence-electron chi connectivity index (χ1n) is 5.26. The minimum absolute atomic E-state index is 0.0262. The Labute approximate surface area is 92.0 Å². The number of amides is 1. The topological polar surface area (TPSA) is 95.1 Å². The van der Waals surface area contributed by atoms with Gasteiger partial charge < -0.3 is 10.4 Å². The minimum Gasteiger partial charge on any atom is -0.477 e. The summed E-state index contributed by atoms with van der Waals surface area (Å²) in [4.78, 5) is 22.3. The monoisotopic (exact) mass is 223 g/mol. The summed E-state index contributed by atoms with van der Waals surface area (Å²) in [7, 11) is 0. The van der Waals surface area contributed by atoms with Crippen LogP contribution in [-0.2, 0) is 4.79 Å². The van der Waals surface area contributed by atoms with Gasteiger partial charge in [-0.05, 0) is 12.8 Å². The van der Waals surface area contributed by atoms with Gasteiger partial charge in [0.15, 0.2) is 5.82 Å². The van der Waals surface area contributed by atoms with Crippen LogP contribution in [0, 0.1) is 5.92 Å². The largest absolute Gasteiger partial charge is 0.477 e. The smallest absolute Gasteiger partial charge is 0.353 e. The van der Waals surface area contributed by atoms with Gasteiger partial charge in [-0.25, -0.2) is 4.79 Å². The van der Waals surface area contributed by atoms with E-state index in [1.54, 1.807) is 0 Å². The lowest BCUT2D eigenvalue weighted by Gasteiger charge is -2.07. The van der Waals surface area contributed by atoms with Gasteiger partial charge in [0.2, 0.25) is 5.91 Å². The van der Waals surface area contributed by atoms with Crippen molar-refractivity contribution in [2.24, 2.45) is 5.92 Å². The van der Waals surface area contributed by atoms with Crippen LogP contribution in [0.15, 0.2) is 6.07 Å². The third-order valence-corrected chi connectivity index (χ3v) is 2.79. The zero-order valence-electron chi connectivity index (χ0n) is 8.69. The van der Waals surface area contributed by atoms with E-state index in [1.165, 1.54) is 6.07 Å². The van der Waals surface area contributed by atoms with Crippen molar-refractivity contribution in [3.63, 3.8) is 0 Å². The van der Waals surface area contributed by atoms with E-state index in [2.05, 4.69) is 15.5 Å². The van der Waals surface area contributed by atoms with Crippen molar-refractivity contribution in [1.82, 2.24) is 10.2 Å². The van der Waals surface area contributed by atoms with Gasteiger partial charge in [0.05, 0.1) is 0 Å². The fourth-order valence-electron chi connectivity index (χ4n) is 1.91. The minimum atomic E-state index is -1.09. The first-order valence-corrected chi connectivity index (χ1v) is 5.26. The lowest BCUT2D eigenvalue weighted by molar-refractivity contribution is -0.119. The van der Waals surface area contributed by atoms with Crippen LogP contribution in [-0.4, -0.2) is 27.2 Å². The lowest BCUT2D eigenvalue weighted by atomic mass is 10.1. The number of carbonyl (C=O) groups excluding carboxylic acids is 1. The maximum absolute atomic E-state index is 11.7. The quantitative estimate of drug-likeness (QED) is 0.718. The molecule has 0 radical (unpaired) electrons. The van der Waals surface area contributed by atoms with Gasteiger partial charge in [0.25, 0.3) is 0 Å². The standard InChI is InChI=1S/C10H13N3O3/c14-9(6-3-1-2-4-6)11-8-5-7(10(15)16)12-13-8/h5-6H,1-4H2,(H,15,16)(H2,11,12,13,14). The second kappa shape index (κ2) is 4.34. The van der Waals surface area contributed by atoms with Crippen LogP contribution in [0.25, 0.3) is 0 Å². The number of H-pyrrole nitrogens is 1. The van der Waals surface area contributed by atoms with E-state index >= 15 is 0 Å². The highest BCUT2D eigenvalue weighted by molar-refractivity contribution is 5.93. The van der Waals surface area contributed by atoms with Gasteiger partial charge >= 0.3 is 5.97 Å². The van der Waals surface area contributed by atoms with Gasteiger partial charge in [-0.3, -0.25) is 9.89 Å². The van der Waals surface area contributed by atoms with Crippen molar-refractivity contribution in [3.8, 4) is 0 Å². The van der Waals surface area contributed by atoms with E-state index in [-0.39, 0.29) is 23.3 Å². The first-order chi connectivity index (χ1) is 7.66. The Morgan fingerprint density at radius 2 is 2.12 bits per heavy atom. The Kier molecular flexibility index (Phi) is 2.89. The number of hydrogen-bond donors (Lipinski definition) is 3. The highest BCUT2D eigenvalue weighted by Gasteiger charge is 2.23. The van der Waals surface area contributed by atoms with Crippen molar-refractivity contribution in [2.75, 3.05) is 5.32 Å². The summed E-state index contributed by atoms with van der Waals surface area (Å²) in [5.41, 5.74) is -0.0262. The molecule has 6 heteroatoms. The zero-order valence-corrected chi connectivity index (χ0v) is 8.69. The second-order valence-electron chi connectivity index (χ2n) is 3.94. The van der Waals surface area contributed by atoms with Gasteiger partial charge in [0.1, 0.15) is 5.69 Å². The number of aromatic amines is 1. The lowest BCUT2D eigenvalue weighted by Crippen LogP contribution is -2.20. The number of anilines is 1. The summed E-state index contributed by atoms with van der Waals surface area (Å²) >= 11 is 0. The van der Waals surface area contributed by atoms with E-state index in [9.17, 15) is 9.59 Å². The van der Waals surface area contributed by atoms with Crippen LogP contribution in [0.1, 0.15) is 36.2 Å². The molecule has 1 heterocycles. The van der Waals surface area contributed by atoms with Crippen LogP contribution >= 0.6 is 0 Å². The Morgan fingerprint density at radius 1 is 1.44 bits per heavy atom. The molecule has 0 atom stereocenters. The van der Waals surface area contributed by atoms with Crippen molar-refractivity contribution >= 4 is 17.7 Å². The third kappa shape index (κ3) is 2.21. The fraction of sp³-hybridized carbons (Fsp3) is 0.500. The molecule has 1 amide bonds. The van der Waals surface area contributed by atoms with Crippen LogP contribution in [0.2, 0.25) is 0 Å². The summed E-state index contributed by atoms with van der Waals surface area (Å²) in [6.07, 6.45) is 3.97. The third-order valence-electron chi connectivity index (χ3n) is 2.79. The molecule has 1 aromatic heterocycles. The van der Waals surface area contributed by atoms with Crippen molar-refractivity contribution in [2.45, 2.75) is 25.7 Å². The molecule has 1 aromatic rings. The number of rotatable bonds is 3. The van der Waals surface area contributed by atoms with Crippen LogP contribution in [0.4, 0.5) is 5.82 Å². The fourth-order valence-corrected chi connectivity index (χ4v) is 1.91. The van der Waals surface area contributed by atoms with E-state index in [4.69, 9.17) is 5.11 Å². The highest BCUT2D eigenvalue weighted by Crippen LogP contribution is 2.25. The summed E-state index contributed by atoms with van der Waals surface area (Å²) in [5, 5.41) is 17.3. The number of carboxylic acids is 1. The number of aromatic carboxylic acids is 1. The molecule has 0 aliphatic heterocycles. The summed E-state index contributed by atoms with van der Waals surface area (Å²) in [6, 6.07) is 1.31. The Balaban J connectivity index is 1.97. The molecular weight excluding hydrogens is 210 g/mol. The van der Waals surface area contributed by atoms with Crippen molar-refractivity contribution in [3.05, 3.63) is 11.8 Å². The summed E-state index contributed by atoms with van der Waals surface area (Å²) < 4.78 is 0.